The molecule has 0 N–H and O–H groups in total. The molecule has 2 aliphatic rings. The van der Waals surface area contributed by atoms with E-state index in [0.29, 0.717) is 12.5 Å². The van der Waals surface area contributed by atoms with Crippen molar-refractivity contribution in [3.05, 3.63) is 114 Å². The Morgan fingerprint density at radius 3 is 2.12 bits per heavy atom. The smallest absolute Gasteiger partial charge is 0.217 e. The molecule has 2 aliphatic heterocycles. The van der Waals surface area contributed by atoms with E-state index in [1.54, 1.807) is 14.2 Å². The van der Waals surface area contributed by atoms with Gasteiger partial charge in [0.2, 0.25) is 11.8 Å². The molecule has 2 heterocycles. The van der Waals surface area contributed by atoms with Gasteiger partial charge in [-0.05, 0) is 48.4 Å². The Kier molecular flexibility index (Phi) is 10.7. The van der Waals surface area contributed by atoms with E-state index in [9.17, 15) is 0 Å². The van der Waals surface area contributed by atoms with Gasteiger partial charge in [0.05, 0.1) is 33.1 Å². The summed E-state index contributed by atoms with van der Waals surface area (Å²) in [7, 11) is 3.31. The Balaban J connectivity index is 0.000000210. The molecule has 206 valence electrons. The molecule has 0 bridgehead atoms. The zero-order valence-electron chi connectivity index (χ0n) is 23.4. The Hall–Kier alpha value is -4.58. The molecule has 3 aromatic rings. The number of allylic oxidation sites excluding steroid dienone is 3. The van der Waals surface area contributed by atoms with E-state index in [4.69, 9.17) is 18.9 Å². The van der Waals surface area contributed by atoms with Crippen molar-refractivity contribution in [2.45, 2.75) is 26.2 Å². The number of hydrogen-bond acceptors (Lipinski definition) is 6. The quantitative estimate of drug-likeness (QED) is 0.305. The molecule has 0 aromatic heterocycles. The second-order valence-electron chi connectivity index (χ2n) is 9.00. The highest BCUT2D eigenvalue weighted by atomic mass is 16.5. The lowest BCUT2D eigenvalue weighted by Crippen LogP contribution is -1.96. The molecule has 2 fully saturated rings. The minimum atomic E-state index is 0.649. The van der Waals surface area contributed by atoms with E-state index in [1.807, 2.05) is 97.1 Å². The van der Waals surface area contributed by atoms with Crippen LogP contribution in [-0.2, 0) is 9.47 Å². The van der Waals surface area contributed by atoms with Crippen LogP contribution in [-0.4, -0.2) is 39.2 Å². The summed E-state index contributed by atoms with van der Waals surface area (Å²) in [6, 6.07) is 25.5. The summed E-state index contributed by atoms with van der Waals surface area (Å²) in [4.78, 5) is 9.09. The summed E-state index contributed by atoms with van der Waals surface area (Å²) in [5.74, 6) is 3.04. The fraction of sp³-hybridized carbons (Fsp3) is 0.235. The van der Waals surface area contributed by atoms with Crippen LogP contribution in [0.4, 0.5) is 11.4 Å². The van der Waals surface area contributed by atoms with Crippen molar-refractivity contribution in [3.8, 4) is 11.5 Å². The highest BCUT2D eigenvalue weighted by molar-refractivity contribution is 5.98. The Labute approximate surface area is 237 Å². The molecule has 0 aliphatic carbocycles. The predicted octanol–water partition coefficient (Wildman–Crippen LogP) is 8.27. The number of hydrogen-bond donors (Lipinski definition) is 0. The van der Waals surface area contributed by atoms with E-state index in [2.05, 4.69) is 23.0 Å². The molecule has 40 heavy (non-hydrogen) atoms. The van der Waals surface area contributed by atoms with Gasteiger partial charge in [0.25, 0.3) is 0 Å². The average Bonchev–Trinajstić information content (AvgIpc) is 3.64. The second kappa shape index (κ2) is 15.1. The standard InChI is InChI=1S/C21H21NO3.C13H15NO/c1-23-18-12-10-16(11-13-18)6-5-7-17-14-15-25-21(17)22-19-8-3-4-9-20(19)24-2;1-2-6-11-9-10-15-13(11)14-12-7-4-3-5-8-12/h3-13H,14-15H2,1-2H3;3-8H,2,9-10H2,1H3/b6-5+,17-7+,22-21?;11-6+,14-13?. The number of methoxy groups -OCH3 is 2. The highest BCUT2D eigenvalue weighted by Crippen LogP contribution is 2.29. The minimum Gasteiger partial charge on any atom is -0.497 e. The van der Waals surface area contributed by atoms with Gasteiger partial charge in [-0.15, -0.1) is 0 Å². The fourth-order valence-electron chi connectivity index (χ4n) is 4.15. The van der Waals surface area contributed by atoms with Crippen molar-refractivity contribution in [2.24, 2.45) is 9.98 Å². The van der Waals surface area contributed by atoms with Crippen LogP contribution in [0.2, 0.25) is 0 Å². The fourth-order valence-corrected chi connectivity index (χ4v) is 4.15. The van der Waals surface area contributed by atoms with Gasteiger partial charge in [-0.1, -0.05) is 73.7 Å². The number of ether oxygens (including phenoxy) is 4. The molecule has 0 spiro atoms. The van der Waals surface area contributed by atoms with Crippen LogP contribution in [0.1, 0.15) is 31.7 Å². The molecule has 0 amide bonds. The second-order valence-corrected chi connectivity index (χ2v) is 9.00. The van der Waals surface area contributed by atoms with E-state index in [0.717, 1.165) is 65.8 Å². The topological polar surface area (TPSA) is 61.6 Å². The first-order chi connectivity index (χ1) is 19.7. The Morgan fingerprint density at radius 1 is 0.750 bits per heavy atom. The van der Waals surface area contributed by atoms with Crippen molar-refractivity contribution >= 4 is 29.2 Å². The maximum Gasteiger partial charge on any atom is 0.217 e. The van der Waals surface area contributed by atoms with Crippen LogP contribution in [0, 0.1) is 0 Å². The average molecular weight is 537 g/mol. The molecule has 6 nitrogen and oxygen atoms in total. The van der Waals surface area contributed by atoms with E-state index < -0.39 is 0 Å². The molecule has 0 unspecified atom stereocenters. The first kappa shape index (κ1) is 28.4. The maximum absolute atomic E-state index is 5.68. The van der Waals surface area contributed by atoms with E-state index in [1.165, 1.54) is 5.57 Å². The molecular weight excluding hydrogens is 500 g/mol. The molecule has 0 radical (unpaired) electrons. The molecule has 0 saturated carbocycles. The number of benzene rings is 3. The van der Waals surface area contributed by atoms with Crippen molar-refractivity contribution in [1.82, 2.24) is 0 Å². The van der Waals surface area contributed by atoms with Crippen molar-refractivity contribution in [2.75, 3.05) is 27.4 Å². The van der Waals surface area contributed by atoms with Gasteiger partial charge < -0.3 is 18.9 Å². The van der Waals surface area contributed by atoms with Gasteiger partial charge in [-0.3, -0.25) is 0 Å². The van der Waals surface area contributed by atoms with Crippen LogP contribution >= 0.6 is 0 Å². The number of para-hydroxylation sites is 3. The monoisotopic (exact) mass is 536 g/mol. The van der Waals surface area contributed by atoms with Crippen molar-refractivity contribution in [3.63, 3.8) is 0 Å². The summed E-state index contributed by atoms with van der Waals surface area (Å²) < 4.78 is 21.7. The van der Waals surface area contributed by atoms with Crippen LogP contribution in [0.25, 0.3) is 6.08 Å². The van der Waals surface area contributed by atoms with Gasteiger partial charge in [0.1, 0.15) is 17.2 Å². The molecular formula is C34H36N2O4. The van der Waals surface area contributed by atoms with Gasteiger partial charge in [0.15, 0.2) is 0 Å². The van der Waals surface area contributed by atoms with Crippen molar-refractivity contribution < 1.29 is 18.9 Å². The Bertz CT molecular complexity index is 1390. The highest BCUT2D eigenvalue weighted by Gasteiger charge is 2.17. The van der Waals surface area contributed by atoms with Crippen molar-refractivity contribution in [1.29, 1.82) is 0 Å². The third kappa shape index (κ3) is 8.21. The minimum absolute atomic E-state index is 0.649. The van der Waals surface area contributed by atoms with Crippen LogP contribution in [0.15, 0.2) is 118 Å². The van der Waals surface area contributed by atoms with E-state index in [-0.39, 0.29) is 0 Å². The third-order valence-electron chi connectivity index (χ3n) is 6.22. The lowest BCUT2D eigenvalue weighted by atomic mass is 10.1. The van der Waals surface area contributed by atoms with Gasteiger partial charge >= 0.3 is 0 Å². The largest absolute Gasteiger partial charge is 0.497 e. The summed E-state index contributed by atoms with van der Waals surface area (Å²) in [5.41, 5.74) is 5.15. The molecule has 6 heteroatoms. The first-order valence-electron chi connectivity index (χ1n) is 13.5. The lowest BCUT2D eigenvalue weighted by Gasteiger charge is -2.05. The molecule has 3 aromatic carbocycles. The Morgan fingerprint density at radius 2 is 1.43 bits per heavy atom. The zero-order valence-corrected chi connectivity index (χ0v) is 23.4. The molecule has 0 atom stereocenters. The van der Waals surface area contributed by atoms with Gasteiger partial charge in [-0.2, -0.15) is 0 Å². The number of rotatable bonds is 7. The zero-order chi connectivity index (χ0) is 28.0. The SMILES string of the molecule is CC/C=C1\CCOC1=Nc1ccccc1.COc1ccc(/C=C/C=C2\CCOC2=Nc2ccccc2OC)cc1. The number of nitrogens with zero attached hydrogens (tertiary/aromatic N) is 2. The van der Waals surface area contributed by atoms with E-state index >= 15 is 0 Å². The molecule has 5 rings (SSSR count). The summed E-state index contributed by atoms with van der Waals surface area (Å²) in [6.07, 6.45) is 11.2. The summed E-state index contributed by atoms with van der Waals surface area (Å²) in [6.45, 7) is 3.54. The normalized spacial score (nSPS) is 18.6. The maximum atomic E-state index is 5.68. The van der Waals surface area contributed by atoms with Crippen LogP contribution < -0.4 is 9.47 Å². The number of aliphatic imine (C=N–C) groups is 2. The summed E-state index contributed by atoms with van der Waals surface area (Å²) in [5, 5.41) is 0. The van der Waals surface area contributed by atoms with Crippen LogP contribution in [0.5, 0.6) is 11.5 Å². The third-order valence-corrected chi connectivity index (χ3v) is 6.22. The predicted molar refractivity (Wildman–Crippen MR) is 163 cm³/mol. The summed E-state index contributed by atoms with van der Waals surface area (Å²) >= 11 is 0. The van der Waals surface area contributed by atoms with Gasteiger partial charge in [-0.25, -0.2) is 9.98 Å². The van der Waals surface area contributed by atoms with Crippen LogP contribution in [0.3, 0.4) is 0 Å². The first-order valence-corrected chi connectivity index (χ1v) is 13.5. The molecule has 2 saturated heterocycles. The lowest BCUT2D eigenvalue weighted by molar-refractivity contribution is 0.343. The van der Waals surface area contributed by atoms with Gasteiger partial charge in [0, 0.05) is 24.0 Å².